The van der Waals surface area contributed by atoms with Gasteiger partial charge in [0.05, 0.1) is 23.5 Å². The van der Waals surface area contributed by atoms with Gasteiger partial charge < -0.3 is 24.8 Å². The lowest BCUT2D eigenvalue weighted by Crippen LogP contribution is -2.44. The summed E-state index contributed by atoms with van der Waals surface area (Å²) in [5.74, 6) is -2.00. The third-order valence-electron chi connectivity index (χ3n) is 6.32. The molecule has 228 valence electrons. The van der Waals surface area contributed by atoms with Crippen molar-refractivity contribution in [3.8, 4) is 22.8 Å². The normalized spacial score (nSPS) is 14.3. The molecule has 2 heterocycles. The molecule has 3 aromatic rings. The van der Waals surface area contributed by atoms with Crippen LogP contribution in [0.2, 0.25) is 0 Å². The number of aliphatic hydroxyl groups is 1. The van der Waals surface area contributed by atoms with Gasteiger partial charge in [0.2, 0.25) is 5.88 Å². The molecule has 1 aliphatic heterocycles. The van der Waals surface area contributed by atoms with Crippen molar-refractivity contribution < 1.29 is 49.3 Å². The number of ether oxygens (including phenoxy) is 2. The summed E-state index contributed by atoms with van der Waals surface area (Å²) in [5, 5.41) is 12.3. The van der Waals surface area contributed by atoms with Crippen LogP contribution in [-0.2, 0) is 16.2 Å². The van der Waals surface area contributed by atoms with E-state index in [0.29, 0.717) is 44.1 Å². The number of halogens is 6. The fourth-order valence-corrected chi connectivity index (χ4v) is 5.64. The third kappa shape index (κ3) is 6.99. The van der Waals surface area contributed by atoms with Crippen LogP contribution >= 0.6 is 0 Å². The molecule has 1 aliphatic rings. The summed E-state index contributed by atoms with van der Waals surface area (Å²) in [4.78, 5) is 4.50. The van der Waals surface area contributed by atoms with Gasteiger partial charge in [0, 0.05) is 45.5 Å². The molecule has 1 fully saturated rings. The van der Waals surface area contributed by atoms with Crippen LogP contribution in [0.4, 0.5) is 37.7 Å². The van der Waals surface area contributed by atoms with E-state index in [9.17, 15) is 34.8 Å². The Morgan fingerprint density at radius 1 is 1.10 bits per heavy atom. The molecular weight excluding hydrogens is 594 g/mol. The van der Waals surface area contributed by atoms with Crippen LogP contribution in [0.1, 0.15) is 5.56 Å². The van der Waals surface area contributed by atoms with Crippen LogP contribution in [0.25, 0.3) is 11.1 Å². The minimum absolute atomic E-state index is 0.000471. The Balaban J connectivity index is 1.87. The van der Waals surface area contributed by atoms with E-state index in [1.807, 2.05) is 4.90 Å². The molecule has 42 heavy (non-hydrogen) atoms. The zero-order chi connectivity index (χ0) is 30.7. The molecule has 0 unspecified atom stereocenters. The van der Waals surface area contributed by atoms with E-state index in [0.717, 1.165) is 29.6 Å². The number of rotatable bonds is 10. The number of hydrogen-bond donors (Lipinski definition) is 2. The number of pyridine rings is 1. The number of sulfonamides is 1. The van der Waals surface area contributed by atoms with Gasteiger partial charge in [-0.25, -0.2) is 17.8 Å². The first kappa shape index (κ1) is 31.2. The maximum absolute atomic E-state index is 14.3. The first-order chi connectivity index (χ1) is 19.8. The highest BCUT2D eigenvalue weighted by atomic mass is 32.2. The van der Waals surface area contributed by atoms with Crippen molar-refractivity contribution in [3.05, 3.63) is 60.0 Å². The standard InChI is InChI=1S/C26H26F6N4O5S/c1-35(42(38,39)23-13-18(26(30,31)32)15-34-24(23)40-9-8-37)22-12-16(2-3-21(22)36-6-4-33-5-7-36)17-10-19(27)14-20(11-17)41-25(28)29/h2-3,10-15,25,33,37H,4-9H2,1H3. The number of hydrogen-bond acceptors (Lipinski definition) is 8. The molecular formula is C26H26F6N4O5S. The van der Waals surface area contributed by atoms with E-state index < -0.39 is 63.9 Å². The van der Waals surface area contributed by atoms with Crippen LogP contribution in [0.3, 0.4) is 0 Å². The minimum Gasteiger partial charge on any atom is -0.474 e. The molecule has 0 saturated carbocycles. The van der Waals surface area contributed by atoms with E-state index in [4.69, 9.17) is 9.84 Å². The second kappa shape index (κ2) is 12.6. The van der Waals surface area contributed by atoms with Gasteiger partial charge in [-0.2, -0.15) is 22.0 Å². The first-order valence-electron chi connectivity index (χ1n) is 12.5. The Morgan fingerprint density at radius 2 is 1.81 bits per heavy atom. The van der Waals surface area contributed by atoms with Crippen molar-refractivity contribution in [2.75, 3.05) is 55.6 Å². The van der Waals surface area contributed by atoms with Crippen LogP contribution < -0.4 is 24.0 Å². The minimum atomic E-state index is -4.92. The highest BCUT2D eigenvalue weighted by Crippen LogP contribution is 2.40. The summed E-state index contributed by atoms with van der Waals surface area (Å²) in [6.07, 6.45) is -4.51. The predicted molar refractivity (Wildman–Crippen MR) is 141 cm³/mol. The van der Waals surface area contributed by atoms with E-state index in [1.165, 1.54) is 12.1 Å². The Labute approximate surface area is 237 Å². The van der Waals surface area contributed by atoms with Gasteiger partial charge in [0.1, 0.15) is 18.2 Å². The topological polar surface area (TPSA) is 104 Å². The number of benzene rings is 2. The fourth-order valence-electron chi connectivity index (χ4n) is 4.33. The molecule has 4 rings (SSSR count). The van der Waals surface area contributed by atoms with Crippen molar-refractivity contribution in [3.63, 3.8) is 0 Å². The summed E-state index contributed by atoms with van der Waals surface area (Å²) < 4.78 is 118. The molecule has 0 atom stereocenters. The summed E-state index contributed by atoms with van der Waals surface area (Å²) in [7, 11) is -3.69. The highest BCUT2D eigenvalue weighted by molar-refractivity contribution is 7.93. The summed E-state index contributed by atoms with van der Waals surface area (Å²) >= 11 is 0. The summed E-state index contributed by atoms with van der Waals surface area (Å²) in [6, 6.07) is 7.76. The maximum Gasteiger partial charge on any atom is 0.417 e. The molecule has 2 N–H and O–H groups in total. The maximum atomic E-state index is 14.3. The second-order valence-electron chi connectivity index (χ2n) is 9.06. The van der Waals surface area contributed by atoms with Crippen molar-refractivity contribution in [2.24, 2.45) is 0 Å². The van der Waals surface area contributed by atoms with Gasteiger partial charge in [-0.15, -0.1) is 0 Å². The van der Waals surface area contributed by atoms with Gasteiger partial charge in [0.25, 0.3) is 10.0 Å². The van der Waals surface area contributed by atoms with Crippen molar-refractivity contribution in [1.29, 1.82) is 0 Å². The molecule has 2 aromatic carbocycles. The molecule has 0 spiro atoms. The highest BCUT2D eigenvalue weighted by Gasteiger charge is 2.36. The number of aromatic nitrogens is 1. The predicted octanol–water partition coefficient (Wildman–Crippen LogP) is 4.11. The van der Waals surface area contributed by atoms with E-state index in [-0.39, 0.29) is 16.8 Å². The van der Waals surface area contributed by atoms with E-state index in [1.54, 1.807) is 6.07 Å². The Kier molecular flexibility index (Phi) is 9.37. The SMILES string of the molecule is CN(c1cc(-c2cc(F)cc(OC(F)F)c2)ccc1N1CCNCC1)S(=O)(=O)c1cc(C(F)(F)F)cnc1OCCO. The van der Waals surface area contributed by atoms with Gasteiger partial charge >= 0.3 is 12.8 Å². The number of alkyl halides is 5. The largest absolute Gasteiger partial charge is 0.474 e. The smallest absolute Gasteiger partial charge is 0.417 e. The van der Waals surface area contributed by atoms with Crippen molar-refractivity contribution in [1.82, 2.24) is 10.3 Å². The van der Waals surface area contributed by atoms with Crippen LogP contribution in [0, 0.1) is 5.82 Å². The van der Waals surface area contributed by atoms with E-state index in [2.05, 4.69) is 15.0 Å². The number of aliphatic hydroxyl groups excluding tert-OH is 1. The number of piperazine rings is 1. The van der Waals surface area contributed by atoms with Crippen LogP contribution in [-0.4, -0.2) is 71.6 Å². The van der Waals surface area contributed by atoms with Gasteiger partial charge in [-0.1, -0.05) is 6.07 Å². The summed E-state index contributed by atoms with van der Waals surface area (Å²) in [5.41, 5.74) is -0.654. The second-order valence-corrected chi connectivity index (χ2v) is 11.0. The molecule has 9 nitrogen and oxygen atoms in total. The molecule has 1 saturated heterocycles. The van der Waals surface area contributed by atoms with Gasteiger partial charge in [-0.05, 0) is 41.5 Å². The molecule has 0 bridgehead atoms. The zero-order valence-electron chi connectivity index (χ0n) is 22.0. The lowest BCUT2D eigenvalue weighted by molar-refractivity contribution is -0.138. The molecule has 0 radical (unpaired) electrons. The molecule has 16 heteroatoms. The van der Waals surface area contributed by atoms with Crippen molar-refractivity contribution in [2.45, 2.75) is 17.7 Å². The molecule has 0 aliphatic carbocycles. The third-order valence-corrected chi connectivity index (χ3v) is 8.08. The Morgan fingerprint density at radius 3 is 2.45 bits per heavy atom. The Bertz CT molecular complexity index is 1520. The van der Waals surface area contributed by atoms with Crippen LogP contribution in [0.5, 0.6) is 11.6 Å². The lowest BCUT2D eigenvalue weighted by atomic mass is 10.0. The number of nitrogens with one attached hydrogen (secondary N) is 1. The molecule has 1 aromatic heterocycles. The number of nitrogens with zero attached hydrogens (tertiary/aromatic N) is 3. The van der Waals surface area contributed by atoms with Crippen LogP contribution in [0.15, 0.2) is 53.6 Å². The van der Waals surface area contributed by atoms with E-state index >= 15 is 0 Å². The van der Waals surface area contributed by atoms with Crippen molar-refractivity contribution >= 4 is 21.4 Å². The fraction of sp³-hybridized carbons (Fsp3) is 0.346. The quantitative estimate of drug-likeness (QED) is 0.327. The first-order valence-corrected chi connectivity index (χ1v) is 13.9. The average molecular weight is 621 g/mol. The Hall–Kier alpha value is -3.76. The zero-order valence-corrected chi connectivity index (χ0v) is 22.9. The monoisotopic (exact) mass is 620 g/mol. The molecule has 0 amide bonds. The number of anilines is 2. The summed E-state index contributed by atoms with van der Waals surface area (Å²) in [6.45, 7) is -2.17. The average Bonchev–Trinajstić information content (AvgIpc) is 2.94. The van der Waals surface area contributed by atoms with Gasteiger partial charge in [0.15, 0.2) is 4.90 Å². The lowest BCUT2D eigenvalue weighted by Gasteiger charge is -2.33. The van der Waals surface area contributed by atoms with Gasteiger partial charge in [-0.3, -0.25) is 4.31 Å².